The lowest BCUT2D eigenvalue weighted by Gasteiger charge is -2.23. The van der Waals surface area contributed by atoms with E-state index in [-0.39, 0.29) is 11.9 Å². The summed E-state index contributed by atoms with van der Waals surface area (Å²) in [5.41, 5.74) is -0.483. The lowest BCUT2D eigenvalue weighted by Crippen LogP contribution is -2.35. The zero-order valence-electron chi connectivity index (χ0n) is 10.7. The van der Waals surface area contributed by atoms with Gasteiger partial charge in [0.1, 0.15) is 11.6 Å². The molecule has 0 aromatic carbocycles. The first-order valence-electron chi connectivity index (χ1n) is 5.98. The van der Waals surface area contributed by atoms with Crippen LogP contribution in [-0.4, -0.2) is 35.2 Å². The molecule has 1 aliphatic heterocycles. The Labute approximate surface area is 102 Å². The Morgan fingerprint density at radius 1 is 1.24 bits per heavy atom. The lowest BCUT2D eigenvalue weighted by atomic mass is 9.99. The third-order valence-electron chi connectivity index (χ3n) is 2.73. The van der Waals surface area contributed by atoms with Crippen LogP contribution in [0.3, 0.4) is 0 Å². The number of carbonyl (C=O) groups excluding carboxylic acids is 1. The number of hydrogen-bond acceptors (Lipinski definition) is 4. The number of aliphatic carboxylic acids is 1. The maximum Gasteiger partial charge on any atom is 0.320 e. The van der Waals surface area contributed by atoms with E-state index < -0.39 is 17.6 Å². The summed E-state index contributed by atoms with van der Waals surface area (Å²) in [6, 6.07) is -0.539. The maximum atomic E-state index is 11.8. The van der Waals surface area contributed by atoms with Gasteiger partial charge in [-0.25, -0.2) is 0 Å². The van der Waals surface area contributed by atoms with Crippen LogP contribution in [0.25, 0.3) is 0 Å². The van der Waals surface area contributed by atoms with Gasteiger partial charge in [-0.2, -0.15) is 0 Å². The summed E-state index contributed by atoms with van der Waals surface area (Å²) in [5.74, 6) is -1.26. The Hall–Kier alpha value is -1.10. The summed E-state index contributed by atoms with van der Waals surface area (Å²) < 4.78 is 5.31. The Bertz CT molecular complexity index is 295. The average Bonchev–Trinajstić information content (AvgIpc) is 2.39. The van der Waals surface area contributed by atoms with Crippen LogP contribution in [-0.2, 0) is 14.3 Å². The minimum absolute atomic E-state index is 0.189. The zero-order valence-corrected chi connectivity index (χ0v) is 10.7. The molecule has 1 rings (SSSR count). The van der Waals surface area contributed by atoms with Crippen LogP contribution in [0.2, 0.25) is 0 Å². The molecule has 0 saturated carbocycles. The highest BCUT2D eigenvalue weighted by molar-refractivity contribution is 5.75. The van der Waals surface area contributed by atoms with E-state index in [1.807, 2.05) is 20.8 Å². The van der Waals surface area contributed by atoms with Crippen LogP contribution < -0.4 is 5.32 Å². The van der Waals surface area contributed by atoms with Crippen molar-refractivity contribution in [1.82, 2.24) is 5.32 Å². The molecule has 0 amide bonds. The SMILES string of the molecule is CC(C)(C)OC(=O)[C@H]1CCN[C@H](C(=O)O)CC1. The van der Waals surface area contributed by atoms with E-state index in [0.717, 1.165) is 0 Å². The highest BCUT2D eigenvalue weighted by Gasteiger charge is 2.29. The van der Waals surface area contributed by atoms with E-state index in [4.69, 9.17) is 9.84 Å². The first-order valence-corrected chi connectivity index (χ1v) is 5.98. The van der Waals surface area contributed by atoms with E-state index in [9.17, 15) is 9.59 Å². The van der Waals surface area contributed by atoms with Gasteiger partial charge in [0, 0.05) is 0 Å². The molecule has 17 heavy (non-hydrogen) atoms. The van der Waals surface area contributed by atoms with Crippen LogP contribution in [0.1, 0.15) is 40.0 Å². The number of ether oxygens (including phenoxy) is 1. The fourth-order valence-corrected chi connectivity index (χ4v) is 1.88. The van der Waals surface area contributed by atoms with E-state index in [1.54, 1.807) is 0 Å². The molecule has 0 radical (unpaired) electrons. The van der Waals surface area contributed by atoms with Crippen molar-refractivity contribution in [2.24, 2.45) is 5.92 Å². The Balaban J connectivity index is 2.51. The lowest BCUT2D eigenvalue weighted by molar-refractivity contribution is -0.160. The zero-order chi connectivity index (χ0) is 13.1. The second kappa shape index (κ2) is 5.49. The summed E-state index contributed by atoms with van der Waals surface area (Å²) in [4.78, 5) is 22.7. The van der Waals surface area contributed by atoms with E-state index >= 15 is 0 Å². The van der Waals surface area contributed by atoms with Crippen molar-refractivity contribution in [2.45, 2.75) is 51.7 Å². The third kappa shape index (κ3) is 4.73. The maximum absolute atomic E-state index is 11.8. The van der Waals surface area contributed by atoms with Crippen LogP contribution in [0, 0.1) is 5.92 Å². The molecular weight excluding hydrogens is 222 g/mol. The summed E-state index contributed by atoms with van der Waals surface area (Å²) in [6.45, 7) is 6.04. The highest BCUT2D eigenvalue weighted by atomic mass is 16.6. The fourth-order valence-electron chi connectivity index (χ4n) is 1.88. The van der Waals surface area contributed by atoms with Gasteiger partial charge < -0.3 is 15.2 Å². The van der Waals surface area contributed by atoms with Gasteiger partial charge in [-0.1, -0.05) is 0 Å². The van der Waals surface area contributed by atoms with Crippen molar-refractivity contribution in [2.75, 3.05) is 6.54 Å². The molecule has 0 bridgehead atoms. The molecular formula is C12H21NO4. The molecule has 0 aromatic heterocycles. The Kier molecular flexibility index (Phi) is 4.51. The normalized spacial score (nSPS) is 26.1. The number of hydrogen-bond donors (Lipinski definition) is 2. The topological polar surface area (TPSA) is 75.6 Å². The minimum Gasteiger partial charge on any atom is -0.480 e. The predicted molar refractivity (Wildman–Crippen MR) is 62.6 cm³/mol. The summed E-state index contributed by atoms with van der Waals surface area (Å²) in [7, 11) is 0. The van der Waals surface area contributed by atoms with Gasteiger partial charge in [-0.15, -0.1) is 0 Å². The molecule has 0 spiro atoms. The number of esters is 1. The molecule has 0 aliphatic carbocycles. The van der Waals surface area contributed by atoms with Gasteiger partial charge in [-0.3, -0.25) is 9.59 Å². The van der Waals surface area contributed by atoms with Crippen molar-refractivity contribution < 1.29 is 19.4 Å². The smallest absolute Gasteiger partial charge is 0.320 e. The van der Waals surface area contributed by atoms with Gasteiger partial charge in [0.05, 0.1) is 5.92 Å². The second-order valence-electron chi connectivity index (χ2n) is 5.44. The number of carbonyl (C=O) groups is 2. The van der Waals surface area contributed by atoms with Gasteiger partial charge in [0.25, 0.3) is 0 Å². The molecule has 5 nitrogen and oxygen atoms in total. The molecule has 98 valence electrons. The first kappa shape index (κ1) is 14.0. The van der Waals surface area contributed by atoms with E-state index in [2.05, 4.69) is 5.32 Å². The van der Waals surface area contributed by atoms with Crippen LogP contribution in [0.15, 0.2) is 0 Å². The summed E-state index contributed by atoms with van der Waals surface area (Å²) in [6.07, 6.45) is 1.68. The molecule has 0 unspecified atom stereocenters. The quantitative estimate of drug-likeness (QED) is 0.712. The van der Waals surface area contributed by atoms with Crippen molar-refractivity contribution in [1.29, 1.82) is 0 Å². The third-order valence-corrected chi connectivity index (χ3v) is 2.73. The number of carboxylic acids is 1. The molecule has 1 aliphatic rings. The summed E-state index contributed by atoms with van der Waals surface area (Å²) in [5, 5.41) is 11.8. The Morgan fingerprint density at radius 2 is 1.88 bits per heavy atom. The number of carboxylic acid groups (broad SMARTS) is 1. The fraction of sp³-hybridized carbons (Fsp3) is 0.833. The molecule has 1 saturated heterocycles. The summed E-state index contributed by atoms with van der Waals surface area (Å²) >= 11 is 0. The minimum atomic E-state index is -0.852. The predicted octanol–water partition coefficient (Wildman–Crippen LogP) is 1.17. The standard InChI is InChI=1S/C12H21NO4/c1-12(2,3)17-11(16)8-4-5-9(10(14)15)13-7-6-8/h8-9,13H,4-7H2,1-3H3,(H,14,15)/t8-,9+/m1/s1. The van der Waals surface area contributed by atoms with E-state index in [1.165, 1.54) is 0 Å². The van der Waals surface area contributed by atoms with Crippen molar-refractivity contribution in [3.8, 4) is 0 Å². The molecule has 2 N–H and O–H groups in total. The number of rotatable bonds is 2. The molecule has 5 heteroatoms. The average molecular weight is 243 g/mol. The van der Waals surface area contributed by atoms with Crippen LogP contribution >= 0.6 is 0 Å². The largest absolute Gasteiger partial charge is 0.480 e. The van der Waals surface area contributed by atoms with Crippen LogP contribution in [0.5, 0.6) is 0 Å². The molecule has 0 aromatic rings. The van der Waals surface area contributed by atoms with E-state index in [0.29, 0.717) is 25.8 Å². The van der Waals surface area contributed by atoms with Crippen molar-refractivity contribution in [3.63, 3.8) is 0 Å². The van der Waals surface area contributed by atoms with Gasteiger partial charge >= 0.3 is 11.9 Å². The van der Waals surface area contributed by atoms with Crippen LogP contribution in [0.4, 0.5) is 0 Å². The molecule has 1 fully saturated rings. The first-order chi connectivity index (χ1) is 7.79. The highest BCUT2D eigenvalue weighted by Crippen LogP contribution is 2.21. The molecule has 1 heterocycles. The van der Waals surface area contributed by atoms with Gasteiger partial charge in [0.2, 0.25) is 0 Å². The van der Waals surface area contributed by atoms with Gasteiger partial charge in [-0.05, 0) is 46.6 Å². The monoisotopic (exact) mass is 243 g/mol. The van der Waals surface area contributed by atoms with Crippen molar-refractivity contribution >= 4 is 11.9 Å². The number of nitrogens with one attached hydrogen (secondary N) is 1. The second-order valence-corrected chi connectivity index (χ2v) is 5.44. The van der Waals surface area contributed by atoms with Crippen molar-refractivity contribution in [3.05, 3.63) is 0 Å². The molecule has 2 atom stereocenters. The Morgan fingerprint density at radius 3 is 2.41 bits per heavy atom. The van der Waals surface area contributed by atoms with Gasteiger partial charge in [0.15, 0.2) is 0 Å².